The smallest absolute Gasteiger partial charge is 0.272 e. The highest BCUT2D eigenvalue weighted by atomic mass is 32.2. The van der Waals surface area contributed by atoms with Crippen LogP contribution in [0.2, 0.25) is 0 Å². The van der Waals surface area contributed by atoms with Gasteiger partial charge in [-0.15, -0.1) is 11.8 Å². The number of ether oxygens (including phenoxy) is 2. The normalized spacial score (nSPS) is 13.7. The molecule has 0 aliphatic rings. The number of benzene rings is 1. The fraction of sp³-hybridized carbons (Fsp3) is 0.471. The Bertz CT molecular complexity index is 856. The Kier molecular flexibility index (Phi) is 7.26. The standard InChI is InChI=1S/C17H22N4O4S/c1-4-5-9-14(2)16(25-13-24-3)12-26(22,23)17-18-19-20-21(17)15-10-7-6-8-11-15/h6-8,10-11,14,16H,9,12-13H2,1-3H3/t14-,16+/m0/s1. The number of sulfone groups is 1. The molecule has 2 atom stereocenters. The molecule has 2 rings (SSSR count). The lowest BCUT2D eigenvalue weighted by molar-refractivity contribution is -0.0796. The van der Waals surface area contributed by atoms with Crippen molar-refractivity contribution in [3.8, 4) is 17.5 Å². The van der Waals surface area contributed by atoms with Crippen LogP contribution in [0.25, 0.3) is 5.69 Å². The molecule has 0 fully saturated rings. The summed E-state index contributed by atoms with van der Waals surface area (Å²) in [5, 5.41) is 10.8. The molecule has 140 valence electrons. The molecule has 0 bridgehead atoms. The molecule has 0 spiro atoms. The summed E-state index contributed by atoms with van der Waals surface area (Å²) in [5.41, 5.74) is 0.565. The Labute approximate surface area is 153 Å². The SMILES string of the molecule is CC#CC[C@H](C)[C@@H](CS(=O)(=O)c1nnnn1-c1ccccc1)OCOC. The maximum atomic E-state index is 12.9. The number of methoxy groups -OCH3 is 1. The molecule has 8 nitrogen and oxygen atoms in total. The zero-order valence-corrected chi connectivity index (χ0v) is 15.8. The van der Waals surface area contributed by atoms with Gasteiger partial charge in [-0.2, -0.15) is 4.68 Å². The predicted molar refractivity (Wildman–Crippen MR) is 95.2 cm³/mol. The van der Waals surface area contributed by atoms with E-state index in [9.17, 15) is 8.42 Å². The zero-order valence-electron chi connectivity index (χ0n) is 15.0. The van der Waals surface area contributed by atoms with Crippen LogP contribution in [-0.4, -0.2) is 54.4 Å². The molecule has 26 heavy (non-hydrogen) atoms. The first kappa shape index (κ1) is 20.0. The first-order chi connectivity index (χ1) is 12.5. The maximum Gasteiger partial charge on any atom is 0.272 e. The molecule has 0 aliphatic carbocycles. The molecule has 0 saturated heterocycles. The van der Waals surface area contributed by atoms with Crippen molar-refractivity contribution in [1.29, 1.82) is 0 Å². The number of aromatic nitrogens is 4. The second-order valence-corrected chi connectivity index (χ2v) is 7.64. The average Bonchev–Trinajstić information content (AvgIpc) is 3.14. The summed E-state index contributed by atoms with van der Waals surface area (Å²) in [4.78, 5) is 0. The zero-order chi connectivity index (χ0) is 19.0. The van der Waals surface area contributed by atoms with Crippen molar-refractivity contribution in [2.45, 2.75) is 31.5 Å². The fourth-order valence-corrected chi connectivity index (χ4v) is 3.89. The van der Waals surface area contributed by atoms with Crippen molar-refractivity contribution in [2.75, 3.05) is 19.7 Å². The van der Waals surface area contributed by atoms with Gasteiger partial charge in [0.15, 0.2) is 0 Å². The van der Waals surface area contributed by atoms with Gasteiger partial charge in [-0.1, -0.05) is 30.2 Å². The van der Waals surface area contributed by atoms with Gasteiger partial charge in [0.25, 0.3) is 5.16 Å². The topological polar surface area (TPSA) is 96.2 Å². The maximum absolute atomic E-state index is 12.9. The summed E-state index contributed by atoms with van der Waals surface area (Å²) in [7, 11) is -2.31. The molecule has 0 N–H and O–H groups in total. The molecule has 1 heterocycles. The van der Waals surface area contributed by atoms with E-state index in [1.807, 2.05) is 13.0 Å². The highest BCUT2D eigenvalue weighted by molar-refractivity contribution is 7.91. The summed E-state index contributed by atoms with van der Waals surface area (Å²) < 4.78 is 37.6. The van der Waals surface area contributed by atoms with Crippen LogP contribution in [0.1, 0.15) is 20.3 Å². The molecular weight excluding hydrogens is 356 g/mol. The summed E-state index contributed by atoms with van der Waals surface area (Å²) >= 11 is 0. The fourth-order valence-electron chi connectivity index (χ4n) is 2.32. The highest BCUT2D eigenvalue weighted by Gasteiger charge is 2.31. The van der Waals surface area contributed by atoms with Crippen LogP contribution < -0.4 is 0 Å². The lowest BCUT2D eigenvalue weighted by Crippen LogP contribution is -2.32. The van der Waals surface area contributed by atoms with Gasteiger partial charge in [-0.25, -0.2) is 8.42 Å². The molecule has 0 aliphatic heterocycles. The van der Waals surface area contributed by atoms with Gasteiger partial charge < -0.3 is 9.47 Å². The third-order valence-corrected chi connectivity index (χ3v) is 5.32. The van der Waals surface area contributed by atoms with Crippen LogP contribution in [0.4, 0.5) is 0 Å². The molecule has 9 heteroatoms. The minimum atomic E-state index is -3.80. The number of rotatable bonds is 9. The van der Waals surface area contributed by atoms with Crippen molar-refractivity contribution in [2.24, 2.45) is 5.92 Å². The molecule has 1 aromatic carbocycles. The first-order valence-corrected chi connectivity index (χ1v) is 9.71. The minimum absolute atomic E-state index is 0.00624. The largest absolute Gasteiger partial charge is 0.359 e. The lowest BCUT2D eigenvalue weighted by Gasteiger charge is -2.22. The van der Waals surface area contributed by atoms with Crippen molar-refractivity contribution in [3.63, 3.8) is 0 Å². The molecular formula is C17H22N4O4S. The third-order valence-electron chi connectivity index (χ3n) is 3.74. The van der Waals surface area contributed by atoms with Crippen molar-refractivity contribution in [3.05, 3.63) is 30.3 Å². The molecule has 0 saturated carbocycles. The quantitative estimate of drug-likeness (QED) is 0.481. The Hall–Kier alpha value is -2.28. The van der Waals surface area contributed by atoms with E-state index in [2.05, 4.69) is 27.4 Å². The van der Waals surface area contributed by atoms with E-state index in [4.69, 9.17) is 9.47 Å². The molecule has 0 radical (unpaired) electrons. The van der Waals surface area contributed by atoms with E-state index < -0.39 is 15.9 Å². The van der Waals surface area contributed by atoms with Gasteiger partial charge in [0, 0.05) is 13.5 Å². The molecule has 1 aromatic heterocycles. The monoisotopic (exact) mass is 378 g/mol. The third kappa shape index (κ3) is 5.11. The summed E-state index contributed by atoms with van der Waals surface area (Å²) in [5.74, 6) is 5.39. The molecule has 0 unspecified atom stereocenters. The Morgan fingerprint density at radius 1 is 1.27 bits per heavy atom. The van der Waals surface area contributed by atoms with Gasteiger partial charge in [0.2, 0.25) is 9.84 Å². The van der Waals surface area contributed by atoms with Crippen LogP contribution in [-0.2, 0) is 19.3 Å². The van der Waals surface area contributed by atoms with E-state index in [1.54, 1.807) is 31.2 Å². The predicted octanol–water partition coefficient (Wildman–Crippen LogP) is 1.47. The number of nitrogens with zero attached hydrogens (tertiary/aromatic N) is 4. The van der Waals surface area contributed by atoms with E-state index in [1.165, 1.54) is 11.8 Å². The van der Waals surface area contributed by atoms with Crippen LogP contribution >= 0.6 is 0 Å². The Morgan fingerprint density at radius 3 is 2.65 bits per heavy atom. The second kappa shape index (κ2) is 9.43. The number of tetrazole rings is 1. The van der Waals surface area contributed by atoms with Gasteiger partial charge in [0.05, 0.1) is 17.5 Å². The van der Waals surface area contributed by atoms with Crippen molar-refractivity contribution in [1.82, 2.24) is 20.2 Å². The van der Waals surface area contributed by atoms with Crippen molar-refractivity contribution >= 4 is 9.84 Å². The lowest BCUT2D eigenvalue weighted by atomic mass is 10.0. The van der Waals surface area contributed by atoms with E-state index in [-0.39, 0.29) is 23.6 Å². The second-order valence-electron chi connectivity index (χ2n) is 5.71. The van der Waals surface area contributed by atoms with Gasteiger partial charge in [-0.05, 0) is 35.4 Å². The van der Waals surface area contributed by atoms with Crippen LogP contribution in [0.3, 0.4) is 0 Å². The first-order valence-electron chi connectivity index (χ1n) is 8.06. The van der Waals surface area contributed by atoms with E-state index in [0.717, 1.165) is 0 Å². The molecule has 0 amide bonds. The Morgan fingerprint density at radius 2 is 2.00 bits per heavy atom. The Balaban J connectivity index is 2.27. The average molecular weight is 378 g/mol. The van der Waals surface area contributed by atoms with Gasteiger partial charge >= 0.3 is 0 Å². The number of hydrogen-bond acceptors (Lipinski definition) is 7. The van der Waals surface area contributed by atoms with E-state index >= 15 is 0 Å². The van der Waals surface area contributed by atoms with Gasteiger partial charge in [0.1, 0.15) is 6.79 Å². The number of para-hydroxylation sites is 1. The van der Waals surface area contributed by atoms with Gasteiger partial charge in [-0.3, -0.25) is 0 Å². The minimum Gasteiger partial charge on any atom is -0.359 e. The summed E-state index contributed by atoms with van der Waals surface area (Å²) in [6.45, 7) is 3.62. The molecule has 2 aromatic rings. The highest BCUT2D eigenvalue weighted by Crippen LogP contribution is 2.19. The van der Waals surface area contributed by atoms with Crippen molar-refractivity contribution < 1.29 is 17.9 Å². The summed E-state index contributed by atoms with van der Waals surface area (Å²) in [6, 6.07) is 8.85. The van der Waals surface area contributed by atoms with E-state index in [0.29, 0.717) is 12.1 Å². The summed E-state index contributed by atoms with van der Waals surface area (Å²) in [6.07, 6.45) is -0.0777. The van der Waals surface area contributed by atoms with Crippen LogP contribution in [0.5, 0.6) is 0 Å². The van der Waals surface area contributed by atoms with Crippen LogP contribution in [0, 0.1) is 17.8 Å². The number of hydrogen-bond donors (Lipinski definition) is 0. The van der Waals surface area contributed by atoms with Crippen LogP contribution in [0.15, 0.2) is 35.5 Å².